The largest absolute Gasteiger partial charge is 0.459 e. The lowest BCUT2D eigenvalue weighted by atomic mass is 9.87. The Balaban J connectivity index is 1.91. The first-order valence-corrected chi connectivity index (χ1v) is 9.01. The number of halogens is 1. The quantitative estimate of drug-likeness (QED) is 0.796. The zero-order valence-corrected chi connectivity index (χ0v) is 15.6. The van der Waals surface area contributed by atoms with Crippen LogP contribution < -0.4 is 5.32 Å². The molecule has 2 aromatic carbocycles. The first-order valence-electron chi connectivity index (χ1n) is 8.63. The zero-order chi connectivity index (χ0) is 18.0. The second-order valence-electron chi connectivity index (χ2n) is 7.50. The molecule has 1 aliphatic rings. The van der Waals surface area contributed by atoms with Gasteiger partial charge in [0, 0.05) is 17.0 Å². The second kappa shape index (κ2) is 7.19. The first kappa shape index (κ1) is 18.0. The summed E-state index contributed by atoms with van der Waals surface area (Å²) in [5.41, 5.74) is 1.72. The Labute approximate surface area is 154 Å². The maximum atomic E-state index is 12.6. The van der Waals surface area contributed by atoms with Crippen molar-refractivity contribution in [3.05, 3.63) is 70.7 Å². The Hall–Kier alpha value is -1.84. The topological polar surface area (TPSA) is 38.3 Å². The van der Waals surface area contributed by atoms with Gasteiger partial charge in [0.05, 0.1) is 0 Å². The van der Waals surface area contributed by atoms with Crippen molar-refractivity contribution in [1.82, 2.24) is 5.32 Å². The summed E-state index contributed by atoms with van der Waals surface area (Å²) in [6, 6.07) is 17.7. The van der Waals surface area contributed by atoms with Gasteiger partial charge in [-0.25, -0.2) is 0 Å². The molecule has 1 fully saturated rings. The van der Waals surface area contributed by atoms with Gasteiger partial charge in [-0.05, 0) is 44.4 Å². The number of nitrogens with one attached hydrogen (secondary N) is 1. The summed E-state index contributed by atoms with van der Waals surface area (Å²) >= 11 is 6.43. The Morgan fingerprint density at radius 2 is 1.72 bits per heavy atom. The average molecular weight is 358 g/mol. The van der Waals surface area contributed by atoms with Crippen LogP contribution in [-0.4, -0.2) is 17.6 Å². The zero-order valence-electron chi connectivity index (χ0n) is 14.8. The summed E-state index contributed by atoms with van der Waals surface area (Å²) in [6.07, 6.45) is 0.689. The molecule has 132 valence electrons. The first-order chi connectivity index (χ1) is 11.8. The number of ether oxygens (including phenoxy) is 1. The Kier molecular flexibility index (Phi) is 5.16. The van der Waals surface area contributed by atoms with Gasteiger partial charge in [-0.3, -0.25) is 10.1 Å². The molecule has 2 aromatic rings. The highest BCUT2D eigenvalue weighted by Gasteiger charge is 2.41. The normalized spacial score (nSPS) is 23.4. The molecule has 3 nitrogen and oxygen atoms in total. The smallest absolute Gasteiger partial charge is 0.323 e. The van der Waals surface area contributed by atoms with E-state index in [0.29, 0.717) is 11.4 Å². The van der Waals surface area contributed by atoms with Crippen molar-refractivity contribution in [2.24, 2.45) is 0 Å². The van der Waals surface area contributed by atoms with E-state index in [0.717, 1.165) is 5.56 Å². The van der Waals surface area contributed by atoms with E-state index < -0.39 is 5.60 Å². The Morgan fingerprint density at radius 1 is 1.08 bits per heavy atom. The highest BCUT2D eigenvalue weighted by Crippen LogP contribution is 2.42. The number of carbonyl (C=O) groups excluding carboxylic acids is 1. The highest BCUT2D eigenvalue weighted by molar-refractivity contribution is 6.31. The fourth-order valence-corrected chi connectivity index (χ4v) is 3.64. The van der Waals surface area contributed by atoms with Crippen LogP contribution in [-0.2, 0) is 9.53 Å². The second-order valence-corrected chi connectivity index (χ2v) is 7.91. The predicted octanol–water partition coefficient (Wildman–Crippen LogP) is 4.87. The van der Waals surface area contributed by atoms with E-state index in [1.54, 1.807) is 0 Å². The number of rotatable bonds is 3. The molecule has 0 aliphatic carbocycles. The lowest BCUT2D eigenvalue weighted by Gasteiger charge is -2.23. The van der Waals surface area contributed by atoms with Gasteiger partial charge in [-0.1, -0.05) is 60.1 Å². The molecule has 1 aliphatic heterocycles. The van der Waals surface area contributed by atoms with E-state index in [1.165, 1.54) is 5.56 Å². The van der Waals surface area contributed by atoms with Gasteiger partial charge in [0.1, 0.15) is 11.6 Å². The van der Waals surface area contributed by atoms with E-state index in [9.17, 15) is 4.79 Å². The summed E-state index contributed by atoms with van der Waals surface area (Å²) in [4.78, 5) is 12.6. The summed E-state index contributed by atoms with van der Waals surface area (Å²) < 4.78 is 5.59. The number of carbonyl (C=O) groups is 1. The molecular formula is C21H24ClNO2. The molecular weight excluding hydrogens is 334 g/mol. The lowest BCUT2D eigenvalue weighted by Crippen LogP contribution is -2.38. The van der Waals surface area contributed by atoms with Crippen molar-refractivity contribution in [3.63, 3.8) is 0 Å². The molecule has 0 saturated carbocycles. The molecule has 0 spiro atoms. The fraction of sp³-hybridized carbons (Fsp3) is 0.381. The maximum absolute atomic E-state index is 12.6. The fourth-order valence-electron chi connectivity index (χ4n) is 3.39. The van der Waals surface area contributed by atoms with E-state index in [4.69, 9.17) is 16.3 Å². The van der Waals surface area contributed by atoms with Crippen LogP contribution in [0.4, 0.5) is 0 Å². The van der Waals surface area contributed by atoms with Gasteiger partial charge in [-0.2, -0.15) is 0 Å². The summed E-state index contributed by atoms with van der Waals surface area (Å²) in [6.45, 7) is 5.67. The van der Waals surface area contributed by atoms with Crippen molar-refractivity contribution in [2.75, 3.05) is 0 Å². The van der Waals surface area contributed by atoms with Crippen molar-refractivity contribution in [2.45, 2.75) is 50.8 Å². The molecule has 0 radical (unpaired) electrons. The van der Waals surface area contributed by atoms with Crippen molar-refractivity contribution >= 4 is 17.6 Å². The number of benzene rings is 2. The SMILES string of the molecule is CC(C)(C)OC(=O)[C@@H]1C[C@H](c2ccccc2)C(c2ccccc2Cl)N1. The van der Waals surface area contributed by atoms with E-state index in [1.807, 2.05) is 63.2 Å². The van der Waals surface area contributed by atoms with Gasteiger partial charge >= 0.3 is 5.97 Å². The van der Waals surface area contributed by atoms with Crippen LogP contribution in [0.2, 0.25) is 5.02 Å². The molecule has 0 amide bonds. The number of hydrogen-bond donors (Lipinski definition) is 1. The monoisotopic (exact) mass is 357 g/mol. The minimum Gasteiger partial charge on any atom is -0.459 e. The van der Waals surface area contributed by atoms with Crippen LogP contribution in [0.3, 0.4) is 0 Å². The van der Waals surface area contributed by atoms with Crippen LogP contribution in [0.5, 0.6) is 0 Å². The van der Waals surface area contributed by atoms with Gasteiger partial charge in [0.15, 0.2) is 0 Å². The molecule has 0 aromatic heterocycles. The molecule has 1 N–H and O–H groups in total. The van der Waals surface area contributed by atoms with Crippen LogP contribution in [0.15, 0.2) is 54.6 Å². The Bertz CT molecular complexity index is 739. The molecule has 4 heteroatoms. The minimum absolute atomic E-state index is 0.0198. The van der Waals surface area contributed by atoms with E-state index >= 15 is 0 Å². The lowest BCUT2D eigenvalue weighted by molar-refractivity contribution is -0.157. The number of esters is 1. The van der Waals surface area contributed by atoms with E-state index in [2.05, 4.69) is 17.4 Å². The van der Waals surface area contributed by atoms with Crippen molar-refractivity contribution < 1.29 is 9.53 Å². The van der Waals surface area contributed by atoms with Gasteiger partial charge in [0.25, 0.3) is 0 Å². The van der Waals surface area contributed by atoms with Crippen molar-refractivity contribution in [3.8, 4) is 0 Å². The third-order valence-electron chi connectivity index (χ3n) is 4.43. The van der Waals surface area contributed by atoms with Crippen LogP contribution in [0.25, 0.3) is 0 Å². The third-order valence-corrected chi connectivity index (χ3v) is 4.78. The summed E-state index contributed by atoms with van der Waals surface area (Å²) in [5, 5.41) is 4.17. The van der Waals surface area contributed by atoms with Crippen LogP contribution >= 0.6 is 11.6 Å². The predicted molar refractivity (Wildman–Crippen MR) is 101 cm³/mol. The highest BCUT2D eigenvalue weighted by atomic mass is 35.5. The molecule has 3 atom stereocenters. The maximum Gasteiger partial charge on any atom is 0.323 e. The van der Waals surface area contributed by atoms with Crippen LogP contribution in [0.1, 0.15) is 50.3 Å². The molecule has 0 bridgehead atoms. The van der Waals surface area contributed by atoms with Gasteiger partial charge in [0.2, 0.25) is 0 Å². The molecule has 3 rings (SSSR count). The molecule has 25 heavy (non-hydrogen) atoms. The molecule has 1 heterocycles. The summed E-state index contributed by atoms with van der Waals surface area (Å²) in [5.74, 6) is -0.0402. The van der Waals surface area contributed by atoms with Crippen LogP contribution in [0, 0.1) is 0 Å². The van der Waals surface area contributed by atoms with Crippen molar-refractivity contribution in [1.29, 1.82) is 0 Å². The van der Waals surface area contributed by atoms with Gasteiger partial charge in [-0.15, -0.1) is 0 Å². The number of hydrogen-bond acceptors (Lipinski definition) is 3. The standard InChI is InChI=1S/C21H24ClNO2/c1-21(2,3)25-20(24)18-13-16(14-9-5-4-6-10-14)19(23-18)15-11-7-8-12-17(15)22/h4-12,16,18-19,23H,13H2,1-3H3/t16-,18+,19?/m1/s1. The minimum atomic E-state index is -0.497. The third kappa shape index (κ3) is 4.23. The summed E-state index contributed by atoms with van der Waals surface area (Å²) in [7, 11) is 0. The van der Waals surface area contributed by atoms with E-state index in [-0.39, 0.29) is 24.0 Å². The molecule has 1 unspecified atom stereocenters. The Morgan fingerprint density at radius 3 is 2.36 bits per heavy atom. The van der Waals surface area contributed by atoms with Gasteiger partial charge < -0.3 is 4.74 Å². The average Bonchev–Trinajstić information content (AvgIpc) is 3.00. The molecule has 1 saturated heterocycles.